The number of benzene rings is 1. The molecule has 1 fully saturated rings. The summed E-state index contributed by atoms with van der Waals surface area (Å²) in [5.41, 5.74) is 0.486. The van der Waals surface area contributed by atoms with Crippen molar-refractivity contribution in [3.8, 4) is 0 Å². The fourth-order valence-electron chi connectivity index (χ4n) is 2.75. The molecule has 2 unspecified atom stereocenters. The summed E-state index contributed by atoms with van der Waals surface area (Å²) in [6, 6.07) is 7.91. The fourth-order valence-corrected chi connectivity index (χ4v) is 3.02. The van der Waals surface area contributed by atoms with Crippen molar-refractivity contribution in [2.75, 3.05) is 13.1 Å². The average Bonchev–Trinajstić information content (AvgIpc) is 2.88. The molecule has 1 N–H and O–H groups in total. The molecule has 1 amide bonds. The second kappa shape index (κ2) is 5.86. The molecule has 110 valence electrons. The molecule has 0 aromatic heterocycles. The van der Waals surface area contributed by atoms with Crippen LogP contribution in [-0.4, -0.2) is 35.1 Å². The van der Waals surface area contributed by atoms with Crippen LogP contribution < -0.4 is 0 Å². The van der Waals surface area contributed by atoms with Crippen LogP contribution in [0, 0.1) is 5.92 Å². The SMILES string of the molecule is CC(O)C1CCN(C(=O)C(C)(C)c2ccc(Br)cc2)C1. The van der Waals surface area contributed by atoms with Crippen LogP contribution in [0.3, 0.4) is 0 Å². The first-order chi connectivity index (χ1) is 9.32. The number of aliphatic hydroxyl groups excluding tert-OH is 1. The molecule has 1 heterocycles. The average molecular weight is 340 g/mol. The van der Waals surface area contributed by atoms with Crippen molar-refractivity contribution in [1.29, 1.82) is 0 Å². The predicted molar refractivity (Wildman–Crippen MR) is 83.5 cm³/mol. The van der Waals surface area contributed by atoms with Gasteiger partial charge >= 0.3 is 0 Å². The molecule has 0 spiro atoms. The van der Waals surface area contributed by atoms with Crippen LogP contribution in [0.25, 0.3) is 0 Å². The van der Waals surface area contributed by atoms with Gasteiger partial charge in [-0.15, -0.1) is 0 Å². The molecule has 1 aliphatic rings. The second-order valence-corrected chi connectivity index (χ2v) is 7.09. The fraction of sp³-hybridized carbons (Fsp3) is 0.562. The van der Waals surface area contributed by atoms with E-state index in [4.69, 9.17) is 0 Å². The Labute approximate surface area is 129 Å². The van der Waals surface area contributed by atoms with E-state index in [1.807, 2.05) is 43.0 Å². The van der Waals surface area contributed by atoms with Crippen LogP contribution in [0.15, 0.2) is 28.7 Å². The number of amides is 1. The largest absolute Gasteiger partial charge is 0.393 e. The maximum atomic E-state index is 12.8. The molecular formula is C16H22BrNO2. The second-order valence-electron chi connectivity index (χ2n) is 6.17. The molecule has 2 atom stereocenters. The third kappa shape index (κ3) is 3.07. The van der Waals surface area contributed by atoms with Gasteiger partial charge in [-0.3, -0.25) is 4.79 Å². The van der Waals surface area contributed by atoms with E-state index in [1.54, 1.807) is 6.92 Å². The minimum Gasteiger partial charge on any atom is -0.393 e. The quantitative estimate of drug-likeness (QED) is 0.919. The molecule has 4 heteroatoms. The van der Waals surface area contributed by atoms with E-state index < -0.39 is 5.41 Å². The molecule has 1 aliphatic heterocycles. The van der Waals surface area contributed by atoms with E-state index in [1.165, 1.54) is 0 Å². The summed E-state index contributed by atoms with van der Waals surface area (Å²) in [5, 5.41) is 9.66. The number of nitrogens with zero attached hydrogens (tertiary/aromatic N) is 1. The molecule has 1 saturated heterocycles. The van der Waals surface area contributed by atoms with Gasteiger partial charge in [0.25, 0.3) is 0 Å². The van der Waals surface area contributed by atoms with Crippen LogP contribution in [0.5, 0.6) is 0 Å². The van der Waals surface area contributed by atoms with Gasteiger partial charge in [0.05, 0.1) is 11.5 Å². The summed E-state index contributed by atoms with van der Waals surface area (Å²) in [4.78, 5) is 14.6. The highest BCUT2D eigenvalue weighted by molar-refractivity contribution is 9.10. The maximum Gasteiger partial charge on any atom is 0.232 e. The van der Waals surface area contributed by atoms with Gasteiger partial charge in [-0.25, -0.2) is 0 Å². The number of hydrogen-bond acceptors (Lipinski definition) is 2. The van der Waals surface area contributed by atoms with Crippen molar-refractivity contribution in [2.45, 2.75) is 38.7 Å². The minimum atomic E-state index is -0.533. The molecule has 20 heavy (non-hydrogen) atoms. The van der Waals surface area contributed by atoms with Crippen molar-refractivity contribution in [1.82, 2.24) is 4.90 Å². The van der Waals surface area contributed by atoms with Gasteiger partial charge in [0.15, 0.2) is 0 Å². The van der Waals surface area contributed by atoms with Crippen molar-refractivity contribution in [3.05, 3.63) is 34.3 Å². The number of halogens is 1. The summed E-state index contributed by atoms with van der Waals surface area (Å²) in [7, 11) is 0. The Morgan fingerprint density at radius 2 is 2.00 bits per heavy atom. The van der Waals surface area contributed by atoms with Crippen LogP contribution in [0.4, 0.5) is 0 Å². The van der Waals surface area contributed by atoms with Crippen LogP contribution in [0.2, 0.25) is 0 Å². The maximum absolute atomic E-state index is 12.8. The highest BCUT2D eigenvalue weighted by Crippen LogP contribution is 2.30. The Hall–Kier alpha value is -0.870. The van der Waals surface area contributed by atoms with Crippen molar-refractivity contribution >= 4 is 21.8 Å². The molecular weight excluding hydrogens is 318 g/mol. The molecule has 0 radical (unpaired) electrons. The van der Waals surface area contributed by atoms with E-state index >= 15 is 0 Å². The number of carbonyl (C=O) groups excluding carboxylic acids is 1. The number of hydrogen-bond donors (Lipinski definition) is 1. The highest BCUT2D eigenvalue weighted by Gasteiger charge is 2.37. The van der Waals surface area contributed by atoms with Gasteiger partial charge in [-0.05, 0) is 44.9 Å². The van der Waals surface area contributed by atoms with Crippen molar-refractivity contribution < 1.29 is 9.90 Å². The van der Waals surface area contributed by atoms with E-state index in [-0.39, 0.29) is 17.9 Å². The molecule has 1 aromatic rings. The lowest BCUT2D eigenvalue weighted by Crippen LogP contribution is -2.42. The predicted octanol–water partition coefficient (Wildman–Crippen LogP) is 2.96. The molecule has 0 saturated carbocycles. The first-order valence-corrected chi connectivity index (χ1v) is 7.85. The first kappa shape index (κ1) is 15.5. The number of aliphatic hydroxyl groups is 1. The topological polar surface area (TPSA) is 40.5 Å². The van der Waals surface area contributed by atoms with Gasteiger partial charge in [-0.1, -0.05) is 28.1 Å². The smallest absolute Gasteiger partial charge is 0.232 e. The summed E-state index contributed by atoms with van der Waals surface area (Å²) in [6.45, 7) is 7.14. The molecule has 0 bridgehead atoms. The van der Waals surface area contributed by atoms with Crippen LogP contribution in [0.1, 0.15) is 32.8 Å². The summed E-state index contributed by atoms with van der Waals surface area (Å²) in [5.74, 6) is 0.350. The first-order valence-electron chi connectivity index (χ1n) is 7.06. The van der Waals surface area contributed by atoms with Gasteiger partial charge in [0, 0.05) is 23.5 Å². The molecule has 1 aromatic carbocycles. The third-order valence-corrected chi connectivity index (χ3v) is 4.82. The minimum absolute atomic E-state index is 0.142. The van der Waals surface area contributed by atoms with Gasteiger partial charge in [-0.2, -0.15) is 0 Å². The Bertz CT molecular complexity index is 482. The Kier molecular flexibility index (Phi) is 4.55. The van der Waals surface area contributed by atoms with E-state index in [2.05, 4.69) is 15.9 Å². The van der Waals surface area contributed by atoms with E-state index in [0.717, 1.165) is 23.0 Å². The summed E-state index contributed by atoms with van der Waals surface area (Å²) >= 11 is 3.42. The number of carbonyl (C=O) groups is 1. The van der Waals surface area contributed by atoms with Gasteiger partial charge < -0.3 is 10.0 Å². The van der Waals surface area contributed by atoms with E-state index in [0.29, 0.717) is 6.54 Å². The zero-order valence-corrected chi connectivity index (χ0v) is 13.9. The lowest BCUT2D eigenvalue weighted by atomic mass is 9.83. The number of rotatable bonds is 3. The molecule has 2 rings (SSSR count). The normalized spacial score (nSPS) is 21.1. The summed E-state index contributed by atoms with van der Waals surface area (Å²) in [6.07, 6.45) is 0.545. The zero-order valence-electron chi connectivity index (χ0n) is 12.3. The molecule has 3 nitrogen and oxygen atoms in total. The highest BCUT2D eigenvalue weighted by atomic mass is 79.9. The van der Waals surface area contributed by atoms with Crippen molar-refractivity contribution in [3.63, 3.8) is 0 Å². The Morgan fingerprint density at radius 1 is 1.40 bits per heavy atom. The third-order valence-electron chi connectivity index (χ3n) is 4.29. The zero-order chi connectivity index (χ0) is 14.9. The van der Waals surface area contributed by atoms with Gasteiger partial charge in [0.1, 0.15) is 0 Å². The Morgan fingerprint density at radius 3 is 2.50 bits per heavy atom. The summed E-state index contributed by atoms with van der Waals surface area (Å²) < 4.78 is 1.01. The van der Waals surface area contributed by atoms with E-state index in [9.17, 15) is 9.90 Å². The molecule has 0 aliphatic carbocycles. The standard InChI is InChI=1S/C16H22BrNO2/c1-11(19)12-8-9-18(10-12)15(20)16(2,3)13-4-6-14(17)7-5-13/h4-7,11-12,19H,8-10H2,1-3H3. The lowest BCUT2D eigenvalue weighted by molar-refractivity contribution is -0.135. The van der Waals surface area contributed by atoms with Crippen molar-refractivity contribution in [2.24, 2.45) is 5.92 Å². The van der Waals surface area contributed by atoms with Crippen LogP contribution >= 0.6 is 15.9 Å². The van der Waals surface area contributed by atoms with Crippen LogP contribution in [-0.2, 0) is 10.2 Å². The lowest BCUT2D eigenvalue weighted by Gasteiger charge is -2.30. The Balaban J connectivity index is 2.13. The van der Waals surface area contributed by atoms with Gasteiger partial charge in [0.2, 0.25) is 5.91 Å². The monoisotopic (exact) mass is 339 g/mol. The number of likely N-dealkylation sites (tertiary alicyclic amines) is 1.